The quantitative estimate of drug-likeness (QED) is 0.158. The summed E-state index contributed by atoms with van der Waals surface area (Å²) in [6.07, 6.45) is 11.6. The Hall–Kier alpha value is -3.06. The molecule has 3 N–H and O–H groups in total. The fourth-order valence-electron chi connectivity index (χ4n) is 3.13. The van der Waals surface area contributed by atoms with Gasteiger partial charge in [0.2, 0.25) is 5.91 Å². The number of carbonyl (C=O) groups excluding carboxylic acids is 1. The second-order valence-corrected chi connectivity index (χ2v) is 9.70. The lowest BCUT2D eigenvalue weighted by atomic mass is 10.1. The summed E-state index contributed by atoms with van der Waals surface area (Å²) in [6, 6.07) is 7.11. The van der Waals surface area contributed by atoms with E-state index in [1.54, 1.807) is 30.3 Å². The summed E-state index contributed by atoms with van der Waals surface area (Å²) in [6.45, 7) is 8.43. The van der Waals surface area contributed by atoms with E-state index in [2.05, 4.69) is 51.2 Å². The maximum Gasteiger partial charge on any atom is 0.336 e. The number of hydrogen-bond donors (Lipinski definition) is 3. The lowest BCUT2D eigenvalue weighted by Gasteiger charge is -2.13. The molecule has 1 atom stereocenters. The van der Waals surface area contributed by atoms with Crippen LogP contribution in [-0.2, 0) is 14.4 Å². The first-order chi connectivity index (χ1) is 16.6. The fraction of sp³-hybridized carbons (Fsp3) is 0.393. The number of aliphatic carboxylic acids is 2. The molecule has 0 aromatic heterocycles. The van der Waals surface area contributed by atoms with Gasteiger partial charge in [0.1, 0.15) is 6.04 Å². The zero-order chi connectivity index (χ0) is 26.2. The van der Waals surface area contributed by atoms with Gasteiger partial charge in [-0.2, -0.15) is 11.8 Å². The van der Waals surface area contributed by atoms with Crippen molar-refractivity contribution in [2.45, 2.75) is 59.4 Å². The van der Waals surface area contributed by atoms with Crippen molar-refractivity contribution in [2.24, 2.45) is 0 Å². The van der Waals surface area contributed by atoms with Gasteiger partial charge in [0.15, 0.2) is 0 Å². The summed E-state index contributed by atoms with van der Waals surface area (Å²) in [7, 11) is 0. The van der Waals surface area contributed by atoms with E-state index in [0.29, 0.717) is 11.3 Å². The van der Waals surface area contributed by atoms with Crippen LogP contribution in [0.1, 0.15) is 58.9 Å². The molecule has 35 heavy (non-hydrogen) atoms. The van der Waals surface area contributed by atoms with Crippen LogP contribution in [0.2, 0.25) is 0 Å². The van der Waals surface area contributed by atoms with E-state index in [1.807, 2.05) is 0 Å². The average molecular weight is 500 g/mol. The fourth-order valence-corrected chi connectivity index (χ4v) is 4.13. The molecular weight excluding hydrogens is 462 g/mol. The van der Waals surface area contributed by atoms with Crippen LogP contribution < -0.4 is 5.32 Å². The van der Waals surface area contributed by atoms with Gasteiger partial charge in [-0.25, -0.2) is 9.59 Å². The van der Waals surface area contributed by atoms with Crippen molar-refractivity contribution in [1.29, 1.82) is 0 Å². The average Bonchev–Trinajstić information content (AvgIpc) is 2.79. The lowest BCUT2D eigenvalue weighted by Crippen LogP contribution is -2.42. The number of thioether (sulfide) groups is 1. The number of carbonyl (C=O) groups is 3. The molecule has 190 valence electrons. The number of rotatable bonds is 15. The van der Waals surface area contributed by atoms with E-state index in [9.17, 15) is 24.6 Å². The summed E-state index contributed by atoms with van der Waals surface area (Å²) in [5, 5.41) is 21.3. The van der Waals surface area contributed by atoms with E-state index in [1.165, 1.54) is 28.5 Å². The first-order valence-electron chi connectivity index (χ1n) is 11.7. The molecule has 0 heterocycles. The van der Waals surface area contributed by atoms with Crippen molar-refractivity contribution < 1.29 is 24.6 Å². The van der Waals surface area contributed by atoms with Crippen molar-refractivity contribution in [2.75, 3.05) is 11.5 Å². The molecule has 7 heteroatoms. The van der Waals surface area contributed by atoms with Crippen molar-refractivity contribution in [1.82, 2.24) is 5.32 Å². The Morgan fingerprint density at radius 1 is 0.914 bits per heavy atom. The minimum Gasteiger partial charge on any atom is -0.480 e. The summed E-state index contributed by atoms with van der Waals surface area (Å²) >= 11 is 1.40. The third-order valence-electron chi connectivity index (χ3n) is 5.16. The Morgan fingerprint density at radius 3 is 2.09 bits per heavy atom. The highest BCUT2D eigenvalue weighted by Crippen LogP contribution is 2.15. The van der Waals surface area contributed by atoms with Crippen LogP contribution in [0.3, 0.4) is 0 Å². The Kier molecular flexibility index (Phi) is 14.2. The van der Waals surface area contributed by atoms with Crippen LogP contribution in [-0.4, -0.2) is 45.6 Å². The van der Waals surface area contributed by atoms with Gasteiger partial charge < -0.3 is 15.5 Å². The van der Waals surface area contributed by atoms with Crippen molar-refractivity contribution >= 4 is 35.2 Å². The molecule has 0 aliphatic carbocycles. The van der Waals surface area contributed by atoms with Gasteiger partial charge in [-0.3, -0.25) is 4.79 Å². The highest BCUT2D eigenvalue weighted by atomic mass is 32.2. The normalized spacial score (nSPS) is 13.2. The van der Waals surface area contributed by atoms with Crippen molar-refractivity contribution in [3.63, 3.8) is 0 Å². The number of benzene rings is 1. The first-order valence-corrected chi connectivity index (χ1v) is 12.8. The van der Waals surface area contributed by atoms with Crippen molar-refractivity contribution in [3.8, 4) is 0 Å². The molecule has 1 rings (SSSR count). The molecule has 0 fully saturated rings. The number of nitrogens with one attached hydrogen (secondary N) is 1. The van der Waals surface area contributed by atoms with Gasteiger partial charge in [0, 0.05) is 17.6 Å². The maximum atomic E-state index is 12.3. The van der Waals surface area contributed by atoms with Crippen LogP contribution in [0, 0.1) is 0 Å². The maximum absolute atomic E-state index is 12.3. The molecule has 0 radical (unpaired) electrons. The number of hydrogen-bond acceptors (Lipinski definition) is 4. The minimum atomic E-state index is -1.26. The summed E-state index contributed by atoms with van der Waals surface area (Å²) in [5.74, 6) is -2.36. The summed E-state index contributed by atoms with van der Waals surface area (Å²) in [5.41, 5.74) is 4.14. The second kappa shape index (κ2) is 16.5. The number of carboxylic acid groups (broad SMARTS) is 2. The van der Waals surface area contributed by atoms with Crippen molar-refractivity contribution in [3.05, 3.63) is 76.9 Å². The van der Waals surface area contributed by atoms with Gasteiger partial charge in [0.05, 0.1) is 5.57 Å². The Bertz CT molecular complexity index is 972. The minimum absolute atomic E-state index is 0.176. The molecule has 0 aliphatic heterocycles. The second-order valence-electron chi connectivity index (χ2n) is 8.63. The molecule has 0 unspecified atom stereocenters. The van der Waals surface area contributed by atoms with E-state index >= 15 is 0 Å². The predicted molar refractivity (Wildman–Crippen MR) is 144 cm³/mol. The molecule has 1 aromatic carbocycles. The molecule has 6 nitrogen and oxygen atoms in total. The van der Waals surface area contributed by atoms with E-state index in [-0.39, 0.29) is 11.3 Å². The van der Waals surface area contributed by atoms with Gasteiger partial charge in [0.25, 0.3) is 0 Å². The number of carboxylic acids is 2. The van der Waals surface area contributed by atoms with E-state index in [4.69, 9.17) is 0 Å². The lowest BCUT2D eigenvalue weighted by molar-refractivity contribution is -0.140. The standard InChI is InChI=1S/C28H37NO5S/c1-20(2)10-8-11-21(3)12-9-13-22(4)16-17-35-19-25(28(33)34)29-26(30)18-24(27(31)32)23-14-6-5-7-15-23/h5-7,10,12,14-16,18,25H,8-9,11,13,17,19H2,1-4H3,(H,29,30)(H,31,32)(H,33,34)/t25-/m0/s1. The largest absolute Gasteiger partial charge is 0.480 e. The van der Waals surface area contributed by atoms with Crippen LogP contribution in [0.5, 0.6) is 0 Å². The monoisotopic (exact) mass is 499 g/mol. The van der Waals surface area contributed by atoms with Crippen LogP contribution >= 0.6 is 11.8 Å². The number of allylic oxidation sites excluding steroid dienone is 5. The Labute approximate surface area is 212 Å². The predicted octanol–water partition coefficient (Wildman–Crippen LogP) is 5.88. The zero-order valence-electron chi connectivity index (χ0n) is 21.0. The molecule has 0 aliphatic rings. The van der Waals surface area contributed by atoms with Crippen LogP contribution in [0.4, 0.5) is 0 Å². The van der Waals surface area contributed by atoms with Gasteiger partial charge in [-0.05, 0) is 58.9 Å². The Morgan fingerprint density at radius 2 is 1.51 bits per heavy atom. The SMILES string of the molecule is CC(C)=CCCC(C)=CCCC(C)=CCSC[C@H](NC(=O)C=C(C(=O)O)c1ccccc1)C(=O)O. The number of amides is 1. The first kappa shape index (κ1) is 30.0. The third-order valence-corrected chi connectivity index (χ3v) is 6.13. The molecule has 0 saturated carbocycles. The van der Waals surface area contributed by atoms with Crippen LogP contribution in [0.15, 0.2) is 71.4 Å². The summed E-state index contributed by atoms with van der Waals surface area (Å²) in [4.78, 5) is 35.4. The highest BCUT2D eigenvalue weighted by Gasteiger charge is 2.20. The summed E-state index contributed by atoms with van der Waals surface area (Å²) < 4.78 is 0. The van der Waals surface area contributed by atoms with Gasteiger partial charge >= 0.3 is 11.9 Å². The topological polar surface area (TPSA) is 104 Å². The smallest absolute Gasteiger partial charge is 0.336 e. The Balaban J connectivity index is 2.54. The molecule has 1 amide bonds. The van der Waals surface area contributed by atoms with E-state index < -0.39 is 23.9 Å². The van der Waals surface area contributed by atoms with Gasteiger partial charge in [-0.15, -0.1) is 0 Å². The van der Waals surface area contributed by atoms with E-state index in [0.717, 1.165) is 31.8 Å². The zero-order valence-corrected chi connectivity index (χ0v) is 21.9. The molecule has 0 saturated heterocycles. The third kappa shape index (κ3) is 13.4. The van der Waals surface area contributed by atoms with Gasteiger partial charge in [-0.1, -0.05) is 65.3 Å². The molecule has 0 spiro atoms. The molecular formula is C28H37NO5S. The molecule has 0 bridgehead atoms. The van der Waals surface area contributed by atoms with Crippen LogP contribution in [0.25, 0.3) is 5.57 Å². The molecule has 1 aromatic rings. The highest BCUT2D eigenvalue weighted by molar-refractivity contribution is 7.99.